The van der Waals surface area contributed by atoms with Gasteiger partial charge in [-0.3, -0.25) is 13.9 Å². The molecule has 0 saturated heterocycles. The van der Waals surface area contributed by atoms with Crippen molar-refractivity contribution >= 4 is 43.5 Å². The van der Waals surface area contributed by atoms with Gasteiger partial charge in [0.25, 0.3) is 10.0 Å². The first-order valence-corrected chi connectivity index (χ1v) is 17.5. The number of anilines is 1. The van der Waals surface area contributed by atoms with Crippen molar-refractivity contribution in [3.05, 3.63) is 119 Å². The van der Waals surface area contributed by atoms with Crippen molar-refractivity contribution in [3.63, 3.8) is 0 Å². The highest BCUT2D eigenvalue weighted by molar-refractivity contribution is 9.10. The summed E-state index contributed by atoms with van der Waals surface area (Å²) in [7, 11) is -1.42. The van der Waals surface area contributed by atoms with Gasteiger partial charge in [-0.1, -0.05) is 83.5 Å². The van der Waals surface area contributed by atoms with Crippen LogP contribution in [-0.4, -0.2) is 58.0 Å². The van der Waals surface area contributed by atoms with E-state index < -0.39 is 28.5 Å². The Hall–Kier alpha value is -4.35. The van der Waals surface area contributed by atoms with E-state index in [4.69, 9.17) is 9.47 Å². The molecule has 0 fully saturated rings. The first kappa shape index (κ1) is 35.5. The topological polar surface area (TPSA) is 105 Å². The van der Waals surface area contributed by atoms with Crippen LogP contribution in [0.1, 0.15) is 31.4 Å². The minimum Gasteiger partial charge on any atom is -0.493 e. The van der Waals surface area contributed by atoms with E-state index in [2.05, 4.69) is 21.2 Å². The Labute approximate surface area is 285 Å². The molecule has 0 bridgehead atoms. The number of hydrogen-bond donors (Lipinski definition) is 1. The second-order valence-corrected chi connectivity index (χ2v) is 13.8. The van der Waals surface area contributed by atoms with Crippen molar-refractivity contribution in [1.29, 1.82) is 0 Å². The van der Waals surface area contributed by atoms with Crippen LogP contribution in [0.15, 0.2) is 112 Å². The van der Waals surface area contributed by atoms with Gasteiger partial charge in [0.2, 0.25) is 11.8 Å². The van der Waals surface area contributed by atoms with E-state index in [1.165, 1.54) is 37.3 Å². The molecule has 0 aliphatic heterocycles. The van der Waals surface area contributed by atoms with Crippen LogP contribution >= 0.6 is 15.9 Å². The zero-order valence-electron chi connectivity index (χ0n) is 26.9. The summed E-state index contributed by atoms with van der Waals surface area (Å²) >= 11 is 3.51. The number of benzene rings is 4. The Balaban J connectivity index is 1.81. The number of ether oxygens (including phenoxy) is 2. The van der Waals surface area contributed by atoms with Crippen LogP contribution in [0.2, 0.25) is 0 Å². The molecule has 4 aromatic carbocycles. The Bertz CT molecular complexity index is 1760. The van der Waals surface area contributed by atoms with E-state index in [9.17, 15) is 18.0 Å². The van der Waals surface area contributed by atoms with Crippen LogP contribution in [0.5, 0.6) is 11.5 Å². The second kappa shape index (κ2) is 16.5. The van der Waals surface area contributed by atoms with Crippen LogP contribution in [0.25, 0.3) is 0 Å². The summed E-state index contributed by atoms with van der Waals surface area (Å²) in [6.45, 7) is 3.39. The number of para-hydroxylation sites is 1. The van der Waals surface area contributed by atoms with Gasteiger partial charge in [-0.05, 0) is 60.9 Å². The highest BCUT2D eigenvalue weighted by atomic mass is 79.9. The lowest BCUT2D eigenvalue weighted by Crippen LogP contribution is -2.54. The fourth-order valence-corrected chi connectivity index (χ4v) is 6.93. The van der Waals surface area contributed by atoms with Gasteiger partial charge in [0.1, 0.15) is 12.6 Å². The molecule has 2 atom stereocenters. The molecular weight excluding hydrogens is 682 g/mol. The number of halogens is 1. The van der Waals surface area contributed by atoms with Crippen molar-refractivity contribution in [1.82, 2.24) is 10.2 Å². The molecule has 1 N–H and O–H groups in total. The Kier molecular flexibility index (Phi) is 12.4. The number of carbonyl (C=O) groups is 2. The zero-order chi connectivity index (χ0) is 34.0. The molecule has 0 unspecified atom stereocenters. The number of methoxy groups -OCH3 is 2. The van der Waals surface area contributed by atoms with Gasteiger partial charge >= 0.3 is 0 Å². The molecule has 0 aliphatic carbocycles. The van der Waals surface area contributed by atoms with Crippen LogP contribution in [-0.2, 0) is 32.6 Å². The van der Waals surface area contributed by atoms with Crippen molar-refractivity contribution in [3.8, 4) is 11.5 Å². The molecule has 2 amide bonds. The van der Waals surface area contributed by atoms with Crippen molar-refractivity contribution in [2.75, 3.05) is 25.1 Å². The molecule has 0 radical (unpaired) electrons. The molecule has 248 valence electrons. The molecule has 0 aromatic heterocycles. The van der Waals surface area contributed by atoms with Crippen LogP contribution in [0.4, 0.5) is 5.69 Å². The predicted octanol–water partition coefficient (Wildman–Crippen LogP) is 6.22. The predicted molar refractivity (Wildman–Crippen MR) is 187 cm³/mol. The number of nitrogens with one attached hydrogen (secondary N) is 1. The molecule has 9 nitrogen and oxygen atoms in total. The average molecular weight is 723 g/mol. The smallest absolute Gasteiger partial charge is 0.264 e. The molecule has 0 aliphatic rings. The molecule has 0 spiro atoms. The number of nitrogens with zero attached hydrogens (tertiary/aromatic N) is 2. The van der Waals surface area contributed by atoms with Gasteiger partial charge in [0.15, 0.2) is 11.5 Å². The van der Waals surface area contributed by atoms with E-state index in [1.807, 2.05) is 68.4 Å². The molecule has 11 heteroatoms. The second-order valence-electron chi connectivity index (χ2n) is 11.0. The highest BCUT2D eigenvalue weighted by Crippen LogP contribution is 2.32. The number of rotatable bonds is 15. The minimum absolute atomic E-state index is 0.0722. The summed E-state index contributed by atoms with van der Waals surface area (Å²) in [5.41, 5.74) is 1.93. The summed E-state index contributed by atoms with van der Waals surface area (Å²) in [5.74, 6) is -0.266. The third kappa shape index (κ3) is 9.14. The molecule has 0 heterocycles. The Morgan fingerprint density at radius 2 is 1.47 bits per heavy atom. The Morgan fingerprint density at radius 3 is 2.09 bits per heavy atom. The number of hydrogen-bond acceptors (Lipinski definition) is 6. The monoisotopic (exact) mass is 721 g/mol. The first-order valence-electron chi connectivity index (χ1n) is 15.2. The molecule has 4 rings (SSSR count). The summed E-state index contributed by atoms with van der Waals surface area (Å²) in [4.78, 5) is 29.9. The SMILES string of the molecule is CC[C@H](C)NC(=O)[C@H](Cc1ccccc1)N(Cc1cccc(Br)c1)C(=O)CN(c1ccccc1)S(=O)(=O)c1ccc(OC)c(OC)c1. The van der Waals surface area contributed by atoms with Gasteiger partial charge in [-0.25, -0.2) is 8.42 Å². The van der Waals surface area contributed by atoms with Gasteiger partial charge in [0.05, 0.1) is 24.8 Å². The van der Waals surface area contributed by atoms with E-state index in [0.717, 1.165) is 19.9 Å². The van der Waals surface area contributed by atoms with E-state index in [-0.39, 0.29) is 35.6 Å². The van der Waals surface area contributed by atoms with Crippen molar-refractivity contribution < 1.29 is 27.5 Å². The largest absolute Gasteiger partial charge is 0.493 e. The van der Waals surface area contributed by atoms with E-state index >= 15 is 0 Å². The summed E-state index contributed by atoms with van der Waals surface area (Å²) in [5, 5.41) is 3.05. The number of carbonyl (C=O) groups excluding carboxylic acids is 2. The maximum Gasteiger partial charge on any atom is 0.264 e. The lowest BCUT2D eigenvalue weighted by molar-refractivity contribution is -0.140. The zero-order valence-corrected chi connectivity index (χ0v) is 29.3. The van der Waals surface area contributed by atoms with Crippen molar-refractivity contribution in [2.24, 2.45) is 0 Å². The Morgan fingerprint density at radius 1 is 0.830 bits per heavy atom. The third-order valence-corrected chi connectivity index (χ3v) is 10.0. The number of sulfonamides is 1. The summed E-state index contributed by atoms with van der Waals surface area (Å²) in [6, 6.07) is 28.6. The molecule has 47 heavy (non-hydrogen) atoms. The van der Waals surface area contributed by atoms with Gasteiger partial charge < -0.3 is 19.7 Å². The van der Waals surface area contributed by atoms with Gasteiger partial charge in [-0.2, -0.15) is 0 Å². The maximum atomic E-state index is 14.6. The minimum atomic E-state index is -4.31. The summed E-state index contributed by atoms with van der Waals surface area (Å²) in [6.07, 6.45) is 0.936. The van der Waals surface area contributed by atoms with E-state index in [0.29, 0.717) is 17.9 Å². The molecule has 0 saturated carbocycles. The van der Waals surface area contributed by atoms with Crippen molar-refractivity contribution in [2.45, 2.75) is 50.2 Å². The van der Waals surface area contributed by atoms with E-state index in [1.54, 1.807) is 30.3 Å². The highest BCUT2D eigenvalue weighted by Gasteiger charge is 2.35. The molecule has 4 aromatic rings. The average Bonchev–Trinajstić information content (AvgIpc) is 3.08. The number of amides is 2. The van der Waals surface area contributed by atoms with Crippen LogP contribution in [0, 0.1) is 0 Å². The van der Waals surface area contributed by atoms with Gasteiger partial charge in [-0.15, -0.1) is 0 Å². The van der Waals surface area contributed by atoms with Gasteiger partial charge in [0, 0.05) is 29.5 Å². The molecular formula is C36H40BrN3O6S. The summed E-state index contributed by atoms with van der Waals surface area (Å²) < 4.78 is 41.2. The lowest BCUT2D eigenvalue weighted by Gasteiger charge is -2.34. The fraction of sp³-hybridized carbons (Fsp3) is 0.278. The standard InChI is InChI=1S/C36H40BrN3O6S/c1-5-26(2)38-36(42)32(22-27-13-8-6-9-14-27)39(24-28-15-12-16-29(37)21-28)35(41)25-40(30-17-10-7-11-18-30)47(43,44)31-19-20-33(45-3)34(23-31)46-4/h6-21,23,26,32H,5,22,24-25H2,1-4H3,(H,38,42)/t26-,32-/m0/s1. The maximum absolute atomic E-state index is 14.6. The fourth-order valence-electron chi connectivity index (χ4n) is 5.05. The van der Waals surface area contributed by atoms with Crippen LogP contribution < -0.4 is 19.1 Å². The van der Waals surface area contributed by atoms with Crippen LogP contribution in [0.3, 0.4) is 0 Å². The third-order valence-electron chi connectivity index (χ3n) is 7.78. The first-order chi connectivity index (χ1) is 22.6. The quantitative estimate of drug-likeness (QED) is 0.156. The normalized spacial score (nSPS) is 12.4. The lowest BCUT2D eigenvalue weighted by atomic mass is 10.0.